The lowest BCUT2D eigenvalue weighted by Gasteiger charge is -2.26. The third kappa shape index (κ3) is 5.19. The topological polar surface area (TPSA) is 21.3 Å². The van der Waals surface area contributed by atoms with Gasteiger partial charge in [-0.1, -0.05) is 34.6 Å². The summed E-state index contributed by atoms with van der Waals surface area (Å²) in [5.41, 5.74) is 1.71. The number of hydrogen-bond donors (Lipinski definition) is 1. The second kappa shape index (κ2) is 7.01. The van der Waals surface area contributed by atoms with Crippen LogP contribution in [-0.2, 0) is 10.7 Å². The van der Waals surface area contributed by atoms with Crippen LogP contribution in [0.4, 0.5) is 0 Å². The van der Waals surface area contributed by atoms with Crippen LogP contribution in [0.3, 0.4) is 0 Å². The highest BCUT2D eigenvalue weighted by Crippen LogP contribution is 2.27. The molecule has 0 radical (unpaired) electrons. The van der Waals surface area contributed by atoms with Gasteiger partial charge in [0.15, 0.2) is 0 Å². The minimum absolute atomic E-state index is 0.377. The van der Waals surface area contributed by atoms with E-state index in [0.29, 0.717) is 0 Å². The molecule has 1 aromatic carbocycles. The molecule has 0 heterocycles. The van der Waals surface area contributed by atoms with Crippen LogP contribution in [0.15, 0.2) is 41.0 Å². The molecule has 94 valence electrons. The zero-order chi connectivity index (χ0) is 12.9. The first-order valence-corrected chi connectivity index (χ1v) is 9.17. The summed E-state index contributed by atoms with van der Waals surface area (Å²) in [6, 6.07) is 8.19. The maximum absolute atomic E-state index is 5.54. The Morgan fingerprint density at radius 1 is 1.59 bits per heavy atom. The van der Waals surface area contributed by atoms with Crippen LogP contribution in [0, 0.1) is 0 Å². The quantitative estimate of drug-likeness (QED) is 0.518. The summed E-state index contributed by atoms with van der Waals surface area (Å²) in [4.78, 5) is 0. The molecule has 1 N–H and O–H groups in total. The molecule has 0 saturated heterocycles. The van der Waals surface area contributed by atoms with Gasteiger partial charge >= 0.3 is 0 Å². The van der Waals surface area contributed by atoms with Crippen molar-refractivity contribution < 1.29 is 4.18 Å². The lowest BCUT2D eigenvalue weighted by molar-refractivity contribution is 0.178. The first kappa shape index (κ1) is 15.3. The number of rotatable bonds is 6. The molecule has 0 aliphatic heterocycles. The van der Waals surface area contributed by atoms with Crippen LogP contribution in [0.1, 0.15) is 19.4 Å². The maximum atomic E-state index is 5.54. The van der Waals surface area contributed by atoms with Gasteiger partial charge in [-0.2, -0.15) is 0 Å². The first-order chi connectivity index (χ1) is 7.95. The monoisotopic (exact) mass is 427 g/mol. The van der Waals surface area contributed by atoms with Crippen LogP contribution < -0.4 is 5.32 Å². The van der Waals surface area contributed by atoms with Crippen LogP contribution in [0.5, 0.6) is 0 Å². The summed E-state index contributed by atoms with van der Waals surface area (Å²) in [7, 11) is 1.32. The highest BCUT2D eigenvalue weighted by Gasteiger charge is 2.22. The molecular formula is C12H15BrINOS. The number of hydrogen-bond acceptors (Lipinski definition) is 3. The molecule has 2 nitrogen and oxygen atoms in total. The van der Waals surface area contributed by atoms with E-state index in [1.54, 1.807) is 0 Å². The fraction of sp³-hybridized carbons (Fsp3) is 0.333. The van der Waals surface area contributed by atoms with E-state index >= 15 is 0 Å². The van der Waals surface area contributed by atoms with Gasteiger partial charge in [0.25, 0.3) is 0 Å². The van der Waals surface area contributed by atoms with E-state index in [9.17, 15) is 0 Å². The van der Waals surface area contributed by atoms with Crippen molar-refractivity contribution in [3.05, 3.63) is 46.6 Å². The summed E-state index contributed by atoms with van der Waals surface area (Å²) in [6.45, 7) is 8.75. The van der Waals surface area contributed by atoms with Crippen molar-refractivity contribution >= 4 is 46.3 Å². The molecule has 0 atom stereocenters. The number of benzene rings is 1. The Morgan fingerprint density at radius 3 is 2.88 bits per heavy atom. The molecule has 0 fully saturated rings. The Morgan fingerprint density at radius 2 is 2.29 bits per heavy atom. The average Bonchev–Trinajstić information content (AvgIpc) is 2.26. The minimum atomic E-state index is -0.377. The molecule has 0 spiro atoms. The standard InChI is InChI=1S/C12H15BrINOS/c1-9(12(2,3)16-17-14)15-8-10-5-4-6-11(13)7-10/h4-7,15H,1,8H2,2-3H3. The highest BCUT2D eigenvalue weighted by molar-refractivity contribution is 14.2. The Balaban J connectivity index is 2.54. The molecule has 17 heavy (non-hydrogen) atoms. The smallest absolute Gasteiger partial charge is 0.117 e. The Labute approximate surface area is 128 Å². The van der Waals surface area contributed by atoms with Crippen molar-refractivity contribution in [1.29, 1.82) is 0 Å². The molecular weight excluding hydrogens is 413 g/mol. The van der Waals surface area contributed by atoms with Gasteiger partial charge in [0, 0.05) is 37.9 Å². The summed E-state index contributed by atoms with van der Waals surface area (Å²) < 4.78 is 6.62. The van der Waals surface area contributed by atoms with Crippen molar-refractivity contribution in [1.82, 2.24) is 5.32 Å². The summed E-state index contributed by atoms with van der Waals surface area (Å²) in [5.74, 6) is 0. The van der Waals surface area contributed by atoms with Gasteiger partial charge < -0.3 is 5.32 Å². The average molecular weight is 428 g/mol. The molecule has 5 heteroatoms. The molecule has 0 bridgehead atoms. The van der Waals surface area contributed by atoms with Gasteiger partial charge in [-0.25, -0.2) is 0 Å². The van der Waals surface area contributed by atoms with Crippen molar-refractivity contribution in [2.75, 3.05) is 0 Å². The number of nitrogens with one attached hydrogen (secondary N) is 1. The van der Waals surface area contributed by atoms with Gasteiger partial charge in [-0.3, -0.25) is 4.18 Å². The highest BCUT2D eigenvalue weighted by atomic mass is 127. The van der Waals surface area contributed by atoms with Crippen molar-refractivity contribution in [2.24, 2.45) is 0 Å². The zero-order valence-electron chi connectivity index (χ0n) is 9.80. The molecule has 0 aromatic heterocycles. The molecule has 0 amide bonds. The molecule has 0 aliphatic rings. The summed E-state index contributed by atoms with van der Waals surface area (Å²) in [5, 5.41) is 3.29. The fourth-order valence-corrected chi connectivity index (χ4v) is 3.25. The molecule has 1 rings (SSSR count). The molecule has 0 aliphatic carbocycles. The maximum Gasteiger partial charge on any atom is 0.117 e. The third-order valence-electron chi connectivity index (χ3n) is 2.36. The van der Waals surface area contributed by atoms with Crippen LogP contribution in [-0.4, -0.2) is 5.60 Å². The van der Waals surface area contributed by atoms with Gasteiger partial charge in [0.1, 0.15) is 5.60 Å². The van der Waals surface area contributed by atoms with E-state index in [-0.39, 0.29) is 5.60 Å². The Bertz CT molecular complexity index is 398. The van der Waals surface area contributed by atoms with Crippen molar-refractivity contribution in [3.8, 4) is 0 Å². The van der Waals surface area contributed by atoms with Crippen LogP contribution in [0.25, 0.3) is 0 Å². The van der Waals surface area contributed by atoms with E-state index < -0.39 is 0 Å². The van der Waals surface area contributed by atoms with E-state index in [1.165, 1.54) is 14.8 Å². The van der Waals surface area contributed by atoms with Crippen LogP contribution >= 0.6 is 46.3 Å². The lowest BCUT2D eigenvalue weighted by Crippen LogP contribution is -2.32. The molecule has 1 aromatic rings. The summed E-state index contributed by atoms with van der Waals surface area (Å²) >= 11 is 5.56. The second-order valence-electron chi connectivity index (χ2n) is 4.12. The van der Waals surface area contributed by atoms with Gasteiger partial charge in [0.2, 0.25) is 0 Å². The van der Waals surface area contributed by atoms with E-state index in [2.05, 4.69) is 61.2 Å². The normalized spacial score (nSPS) is 11.3. The van der Waals surface area contributed by atoms with Crippen molar-refractivity contribution in [2.45, 2.75) is 26.0 Å². The van der Waals surface area contributed by atoms with E-state index in [0.717, 1.165) is 16.7 Å². The molecule has 0 unspecified atom stereocenters. The minimum Gasteiger partial charge on any atom is -0.382 e. The van der Waals surface area contributed by atoms with E-state index in [1.807, 2.05) is 26.0 Å². The fourth-order valence-electron chi connectivity index (χ4n) is 1.20. The Hall–Kier alpha value is 0.280. The molecule has 0 saturated carbocycles. The predicted molar refractivity (Wildman–Crippen MR) is 86.9 cm³/mol. The number of halogens is 2. The third-order valence-corrected chi connectivity index (χ3v) is 3.87. The van der Waals surface area contributed by atoms with Gasteiger partial charge in [0.05, 0.1) is 9.21 Å². The van der Waals surface area contributed by atoms with E-state index in [4.69, 9.17) is 4.18 Å². The predicted octanol–water partition coefficient (Wildman–Crippen LogP) is 4.85. The second-order valence-corrected chi connectivity index (χ2v) is 6.41. The van der Waals surface area contributed by atoms with Gasteiger partial charge in [-0.05, 0) is 31.5 Å². The van der Waals surface area contributed by atoms with Crippen molar-refractivity contribution in [3.63, 3.8) is 0 Å². The SMILES string of the molecule is C=C(NCc1cccc(Br)c1)C(C)(C)OSI. The van der Waals surface area contributed by atoms with Crippen LogP contribution in [0.2, 0.25) is 0 Å². The Kier molecular flexibility index (Phi) is 6.33. The summed E-state index contributed by atoms with van der Waals surface area (Å²) in [6.07, 6.45) is 0. The lowest BCUT2D eigenvalue weighted by atomic mass is 10.1. The van der Waals surface area contributed by atoms with Gasteiger partial charge in [-0.15, -0.1) is 0 Å². The zero-order valence-corrected chi connectivity index (χ0v) is 14.4. The largest absolute Gasteiger partial charge is 0.382 e. The first-order valence-electron chi connectivity index (χ1n) is 5.10.